The van der Waals surface area contributed by atoms with Gasteiger partial charge in [0.25, 0.3) is 0 Å². The number of halogens is 3. The van der Waals surface area contributed by atoms with Crippen LogP contribution in [0, 0.1) is 0 Å². The third-order valence-electron chi connectivity index (χ3n) is 4.11. The molecule has 1 heterocycles. The first-order valence-electron chi connectivity index (χ1n) is 6.97. The molecule has 4 nitrogen and oxygen atoms in total. The Kier molecular flexibility index (Phi) is 2.73. The molecule has 2 aromatic rings. The Balaban J connectivity index is 1.75. The smallest absolute Gasteiger partial charge is 0.435 e. The highest BCUT2D eigenvalue weighted by Crippen LogP contribution is 2.53. The van der Waals surface area contributed by atoms with Gasteiger partial charge in [-0.3, -0.25) is 9.48 Å². The van der Waals surface area contributed by atoms with Crippen molar-refractivity contribution in [2.45, 2.75) is 18.6 Å². The highest BCUT2D eigenvalue weighted by Gasteiger charge is 2.52. The van der Waals surface area contributed by atoms with Crippen LogP contribution in [0.3, 0.4) is 0 Å². The molecule has 0 saturated heterocycles. The largest absolute Gasteiger partial charge is 0.497 e. The van der Waals surface area contributed by atoms with Crippen molar-refractivity contribution in [3.63, 3.8) is 0 Å². The lowest BCUT2D eigenvalue weighted by molar-refractivity contribution is -0.142. The van der Waals surface area contributed by atoms with Crippen LogP contribution in [0.4, 0.5) is 13.2 Å². The number of nitrogens with zero attached hydrogens (tertiary/aromatic N) is 2. The standard InChI is InChI=1S/C16H11F3N2O2/c1-23-9-4-2-8(3-5-9)7-21-13-12(10-6-11(10)14(13)22)15(20-21)16(17,18)19/h2-6,10H,7H2,1H3/t10-/m0/s1. The fraction of sp³-hybridized carbons (Fsp3) is 0.250. The van der Waals surface area contributed by atoms with Crippen LogP contribution in [0.25, 0.3) is 0 Å². The molecule has 0 N–H and O–H groups in total. The van der Waals surface area contributed by atoms with Crippen molar-refractivity contribution in [3.8, 4) is 5.75 Å². The van der Waals surface area contributed by atoms with Gasteiger partial charge in [-0.25, -0.2) is 0 Å². The highest BCUT2D eigenvalue weighted by molar-refractivity contribution is 6.18. The minimum Gasteiger partial charge on any atom is -0.497 e. The van der Waals surface area contributed by atoms with E-state index in [0.29, 0.717) is 11.3 Å². The summed E-state index contributed by atoms with van der Waals surface area (Å²) in [4.78, 5) is 12.2. The molecule has 0 radical (unpaired) electrons. The Morgan fingerprint density at radius 2 is 1.96 bits per heavy atom. The molecule has 0 amide bonds. The van der Waals surface area contributed by atoms with E-state index < -0.39 is 17.8 Å². The molecular formula is C16H11F3N2O2. The number of fused-ring (bicyclic) bond motifs is 3. The lowest BCUT2D eigenvalue weighted by atomic mass is 10.1. The summed E-state index contributed by atoms with van der Waals surface area (Å²) in [5, 5.41) is 3.67. The summed E-state index contributed by atoms with van der Waals surface area (Å²) in [7, 11) is 1.53. The maximum absolute atomic E-state index is 13.2. The molecular weight excluding hydrogens is 309 g/mol. The number of alkyl halides is 3. The predicted molar refractivity (Wildman–Crippen MR) is 74.5 cm³/mol. The summed E-state index contributed by atoms with van der Waals surface area (Å²) in [6.07, 6.45) is -3.01. The van der Waals surface area contributed by atoms with E-state index in [9.17, 15) is 18.0 Å². The van der Waals surface area contributed by atoms with Gasteiger partial charge in [0.2, 0.25) is 5.78 Å². The van der Waals surface area contributed by atoms with Crippen molar-refractivity contribution in [2.75, 3.05) is 7.11 Å². The first-order valence-corrected chi connectivity index (χ1v) is 6.97. The van der Waals surface area contributed by atoms with E-state index in [1.54, 1.807) is 30.3 Å². The van der Waals surface area contributed by atoms with E-state index >= 15 is 0 Å². The summed E-state index contributed by atoms with van der Waals surface area (Å²) >= 11 is 0. The van der Waals surface area contributed by atoms with Crippen LogP contribution in [-0.4, -0.2) is 22.7 Å². The SMILES string of the molecule is COc1ccc(Cn2nc(C(F)(F)F)c3c2C(=O)C2=C[C@@H]23)cc1. The molecule has 0 fully saturated rings. The number of ether oxygens (including phenoxy) is 1. The lowest BCUT2D eigenvalue weighted by Gasteiger charge is -2.07. The molecule has 4 rings (SSSR count). The van der Waals surface area contributed by atoms with Gasteiger partial charge in [0.1, 0.15) is 11.4 Å². The van der Waals surface area contributed by atoms with Gasteiger partial charge in [-0.2, -0.15) is 18.3 Å². The molecule has 0 saturated carbocycles. The monoisotopic (exact) mass is 320 g/mol. The normalized spacial score (nSPS) is 18.5. The van der Waals surface area contributed by atoms with Crippen LogP contribution in [0.5, 0.6) is 5.75 Å². The molecule has 2 aliphatic rings. The van der Waals surface area contributed by atoms with Crippen molar-refractivity contribution in [1.29, 1.82) is 0 Å². The van der Waals surface area contributed by atoms with E-state index in [1.807, 2.05) is 0 Å². The number of carbonyl (C=O) groups excluding carboxylic acids is 1. The third kappa shape index (κ3) is 2.07. The maximum Gasteiger partial charge on any atom is 0.435 e. The summed E-state index contributed by atoms with van der Waals surface area (Å²) < 4.78 is 45.8. The summed E-state index contributed by atoms with van der Waals surface area (Å²) in [6.45, 7) is 0.105. The summed E-state index contributed by atoms with van der Waals surface area (Å²) in [6, 6.07) is 6.90. The van der Waals surface area contributed by atoms with Crippen molar-refractivity contribution in [1.82, 2.24) is 9.78 Å². The number of hydrogen-bond acceptors (Lipinski definition) is 3. The van der Waals surface area contributed by atoms with Gasteiger partial charge in [-0.05, 0) is 17.7 Å². The number of allylic oxidation sites excluding steroid dienone is 2. The predicted octanol–water partition coefficient (Wildman–Crippen LogP) is 3.18. The van der Waals surface area contributed by atoms with Crippen molar-refractivity contribution >= 4 is 5.78 Å². The molecule has 1 aromatic heterocycles. The van der Waals surface area contributed by atoms with Gasteiger partial charge < -0.3 is 4.74 Å². The number of benzene rings is 1. The molecule has 0 bridgehead atoms. The fourth-order valence-corrected chi connectivity index (χ4v) is 2.96. The van der Waals surface area contributed by atoms with Crippen LogP contribution in [0.1, 0.15) is 33.2 Å². The van der Waals surface area contributed by atoms with Crippen molar-refractivity contribution in [2.24, 2.45) is 0 Å². The van der Waals surface area contributed by atoms with E-state index in [0.717, 1.165) is 10.2 Å². The van der Waals surface area contributed by atoms with Gasteiger partial charge >= 0.3 is 6.18 Å². The average Bonchev–Trinajstić information content (AvgIpc) is 3.13. The maximum atomic E-state index is 13.2. The number of methoxy groups -OCH3 is 1. The molecule has 2 aliphatic carbocycles. The topological polar surface area (TPSA) is 44.1 Å². The Labute approximate surface area is 129 Å². The van der Waals surface area contributed by atoms with E-state index in [4.69, 9.17) is 4.74 Å². The number of Topliss-reactive ketones (excluding diaryl/α,β-unsaturated/α-hetero) is 1. The van der Waals surface area contributed by atoms with Crippen LogP contribution in [0.2, 0.25) is 0 Å². The second kappa shape index (κ2) is 4.47. The zero-order valence-corrected chi connectivity index (χ0v) is 12.0. The Bertz CT molecular complexity index is 847. The van der Waals surface area contributed by atoms with Gasteiger partial charge in [0, 0.05) is 17.1 Å². The number of carbonyl (C=O) groups is 1. The Morgan fingerprint density at radius 3 is 2.57 bits per heavy atom. The van der Waals surface area contributed by atoms with Crippen LogP contribution in [-0.2, 0) is 12.7 Å². The second-order valence-corrected chi connectivity index (χ2v) is 5.54. The molecule has 23 heavy (non-hydrogen) atoms. The molecule has 7 heteroatoms. The van der Waals surface area contributed by atoms with Gasteiger partial charge in [0.15, 0.2) is 5.69 Å². The minimum absolute atomic E-state index is 0.00557. The Hall–Kier alpha value is -2.57. The minimum atomic E-state index is -4.57. The quantitative estimate of drug-likeness (QED) is 0.872. The van der Waals surface area contributed by atoms with E-state index in [1.165, 1.54) is 7.11 Å². The van der Waals surface area contributed by atoms with Crippen LogP contribution >= 0.6 is 0 Å². The number of hydrogen-bond donors (Lipinski definition) is 0. The fourth-order valence-electron chi connectivity index (χ4n) is 2.96. The van der Waals surface area contributed by atoms with Crippen molar-refractivity contribution in [3.05, 3.63) is 58.4 Å². The third-order valence-corrected chi connectivity index (χ3v) is 4.11. The zero-order valence-electron chi connectivity index (χ0n) is 12.0. The highest BCUT2D eigenvalue weighted by atomic mass is 19.4. The number of ketones is 1. The number of aromatic nitrogens is 2. The van der Waals surface area contributed by atoms with Gasteiger partial charge in [-0.1, -0.05) is 18.2 Å². The lowest BCUT2D eigenvalue weighted by Crippen LogP contribution is -2.12. The summed E-state index contributed by atoms with van der Waals surface area (Å²) in [5.74, 6) is -0.196. The molecule has 1 atom stereocenters. The molecule has 0 spiro atoms. The molecule has 1 aromatic carbocycles. The second-order valence-electron chi connectivity index (χ2n) is 5.54. The van der Waals surface area contributed by atoms with E-state index in [-0.39, 0.29) is 23.6 Å². The molecule has 0 aliphatic heterocycles. The molecule has 118 valence electrons. The average molecular weight is 320 g/mol. The Morgan fingerprint density at radius 1 is 1.26 bits per heavy atom. The summed E-state index contributed by atoms with van der Waals surface area (Å²) in [5.41, 5.74) is 0.309. The number of rotatable bonds is 3. The molecule has 0 unspecified atom stereocenters. The first kappa shape index (κ1) is 14.0. The van der Waals surface area contributed by atoms with Gasteiger partial charge in [-0.15, -0.1) is 0 Å². The first-order chi connectivity index (χ1) is 10.9. The van der Waals surface area contributed by atoms with Crippen molar-refractivity contribution < 1.29 is 22.7 Å². The van der Waals surface area contributed by atoms with Crippen LogP contribution < -0.4 is 4.74 Å². The van der Waals surface area contributed by atoms with Gasteiger partial charge in [0.05, 0.1) is 13.7 Å². The zero-order chi connectivity index (χ0) is 16.4. The van der Waals surface area contributed by atoms with Crippen LogP contribution in [0.15, 0.2) is 35.9 Å². The van der Waals surface area contributed by atoms with E-state index in [2.05, 4.69) is 5.10 Å².